The van der Waals surface area contributed by atoms with E-state index in [-0.39, 0.29) is 18.3 Å². The van der Waals surface area contributed by atoms with Crippen LogP contribution in [0.2, 0.25) is 0 Å². The highest BCUT2D eigenvalue weighted by Gasteiger charge is 2.20. The Morgan fingerprint density at radius 1 is 1.45 bits per heavy atom. The van der Waals surface area contributed by atoms with Gasteiger partial charge in [0, 0.05) is 6.61 Å². The van der Waals surface area contributed by atoms with Crippen LogP contribution in [0.3, 0.4) is 0 Å². The Bertz CT molecular complexity index is 610. The van der Waals surface area contributed by atoms with Crippen molar-refractivity contribution >= 4 is 16.0 Å². The van der Waals surface area contributed by atoms with Crippen molar-refractivity contribution in [3.8, 4) is 0 Å². The molecule has 1 aliphatic heterocycles. The second-order valence-electron chi connectivity index (χ2n) is 4.45. The molecule has 1 aliphatic rings. The van der Waals surface area contributed by atoms with Gasteiger partial charge in [-0.05, 0) is 31.0 Å². The number of hydrogen-bond donors (Lipinski definition) is 1. The first-order chi connectivity index (χ1) is 9.36. The van der Waals surface area contributed by atoms with Crippen LogP contribution in [-0.4, -0.2) is 33.7 Å². The molecule has 6 nitrogen and oxygen atoms in total. The first-order valence-corrected chi connectivity index (χ1v) is 7.53. The van der Waals surface area contributed by atoms with E-state index in [0.717, 1.165) is 31.0 Å². The molecule has 8 heteroatoms. The molecule has 110 valence electrons. The SMILES string of the molecule is NS(=O)(=O)c1cc(F)cc(C(=O)OCC2CCCO2)c1. The third-order valence-corrected chi connectivity index (χ3v) is 3.75. The summed E-state index contributed by atoms with van der Waals surface area (Å²) in [5.41, 5.74) is -0.202. The molecule has 1 atom stereocenters. The predicted molar refractivity (Wildman–Crippen MR) is 67.0 cm³/mol. The number of esters is 1. The topological polar surface area (TPSA) is 95.7 Å². The summed E-state index contributed by atoms with van der Waals surface area (Å²) < 4.78 is 45.9. The van der Waals surface area contributed by atoms with Gasteiger partial charge in [0.2, 0.25) is 10.0 Å². The summed E-state index contributed by atoms with van der Waals surface area (Å²) in [7, 11) is -4.08. The third kappa shape index (κ3) is 3.75. The van der Waals surface area contributed by atoms with Crippen LogP contribution in [-0.2, 0) is 19.5 Å². The lowest BCUT2D eigenvalue weighted by molar-refractivity contribution is 0.0161. The lowest BCUT2D eigenvalue weighted by Gasteiger charge is -2.10. The minimum absolute atomic E-state index is 0.0556. The average Bonchev–Trinajstić information content (AvgIpc) is 2.87. The average molecular weight is 303 g/mol. The van der Waals surface area contributed by atoms with E-state index in [9.17, 15) is 17.6 Å². The Morgan fingerprint density at radius 2 is 2.20 bits per heavy atom. The van der Waals surface area contributed by atoms with Gasteiger partial charge in [-0.1, -0.05) is 0 Å². The zero-order valence-corrected chi connectivity index (χ0v) is 11.4. The van der Waals surface area contributed by atoms with Gasteiger partial charge in [0.25, 0.3) is 0 Å². The van der Waals surface area contributed by atoms with Crippen molar-refractivity contribution in [3.05, 3.63) is 29.6 Å². The Labute approximate surface area is 115 Å². The molecule has 1 saturated heterocycles. The van der Waals surface area contributed by atoms with Crippen molar-refractivity contribution < 1.29 is 27.1 Å². The van der Waals surface area contributed by atoms with Crippen LogP contribution in [0.1, 0.15) is 23.2 Å². The van der Waals surface area contributed by atoms with Crippen LogP contribution in [0.25, 0.3) is 0 Å². The lowest BCUT2D eigenvalue weighted by atomic mass is 10.2. The number of primary sulfonamides is 1. The number of benzene rings is 1. The minimum Gasteiger partial charge on any atom is -0.459 e. The van der Waals surface area contributed by atoms with E-state index in [2.05, 4.69) is 0 Å². The lowest BCUT2D eigenvalue weighted by Crippen LogP contribution is -2.19. The molecular weight excluding hydrogens is 289 g/mol. The van der Waals surface area contributed by atoms with Crippen molar-refractivity contribution in [2.45, 2.75) is 23.8 Å². The summed E-state index contributed by atoms with van der Waals surface area (Å²) in [4.78, 5) is 11.3. The highest BCUT2D eigenvalue weighted by Crippen LogP contribution is 2.16. The molecule has 1 heterocycles. The molecule has 0 saturated carbocycles. The van der Waals surface area contributed by atoms with Gasteiger partial charge in [0.05, 0.1) is 16.6 Å². The number of nitrogens with two attached hydrogens (primary N) is 1. The fourth-order valence-electron chi connectivity index (χ4n) is 1.87. The smallest absolute Gasteiger partial charge is 0.338 e. The maximum absolute atomic E-state index is 13.3. The van der Waals surface area contributed by atoms with Gasteiger partial charge in [0.1, 0.15) is 12.4 Å². The minimum atomic E-state index is -4.08. The van der Waals surface area contributed by atoms with E-state index >= 15 is 0 Å². The highest BCUT2D eigenvalue weighted by molar-refractivity contribution is 7.89. The van der Waals surface area contributed by atoms with Crippen molar-refractivity contribution in [3.63, 3.8) is 0 Å². The predicted octanol–water partition coefficient (Wildman–Crippen LogP) is 0.809. The number of ether oxygens (including phenoxy) is 2. The second-order valence-corrected chi connectivity index (χ2v) is 6.02. The summed E-state index contributed by atoms with van der Waals surface area (Å²) in [5.74, 6) is -1.69. The van der Waals surface area contributed by atoms with Crippen LogP contribution in [0, 0.1) is 5.82 Å². The number of hydrogen-bond acceptors (Lipinski definition) is 5. The van der Waals surface area contributed by atoms with Crippen molar-refractivity contribution in [2.75, 3.05) is 13.2 Å². The van der Waals surface area contributed by atoms with Gasteiger partial charge in [-0.25, -0.2) is 22.7 Å². The summed E-state index contributed by atoms with van der Waals surface area (Å²) in [6.07, 6.45) is 1.53. The van der Waals surface area contributed by atoms with E-state index in [1.54, 1.807) is 0 Å². The van der Waals surface area contributed by atoms with E-state index in [1.807, 2.05) is 0 Å². The van der Waals surface area contributed by atoms with Crippen molar-refractivity contribution in [1.82, 2.24) is 0 Å². The number of carbonyl (C=O) groups is 1. The molecule has 0 amide bonds. The van der Waals surface area contributed by atoms with Gasteiger partial charge in [-0.15, -0.1) is 0 Å². The Balaban J connectivity index is 2.11. The molecule has 0 bridgehead atoms. The summed E-state index contributed by atoms with van der Waals surface area (Å²) in [5, 5.41) is 4.90. The fourth-order valence-corrected chi connectivity index (χ4v) is 2.44. The van der Waals surface area contributed by atoms with Gasteiger partial charge >= 0.3 is 5.97 Å². The normalized spacial score (nSPS) is 19.0. The fraction of sp³-hybridized carbons (Fsp3) is 0.417. The number of halogens is 1. The molecule has 20 heavy (non-hydrogen) atoms. The quantitative estimate of drug-likeness (QED) is 0.830. The van der Waals surface area contributed by atoms with Crippen LogP contribution in [0.15, 0.2) is 23.1 Å². The van der Waals surface area contributed by atoms with E-state index in [0.29, 0.717) is 6.61 Å². The molecule has 1 fully saturated rings. The largest absolute Gasteiger partial charge is 0.459 e. The Hall–Kier alpha value is -1.51. The first kappa shape index (κ1) is 14.9. The van der Waals surface area contributed by atoms with Crippen molar-refractivity contribution in [2.24, 2.45) is 5.14 Å². The third-order valence-electron chi connectivity index (χ3n) is 2.86. The van der Waals surface area contributed by atoms with Crippen LogP contribution in [0.4, 0.5) is 4.39 Å². The van der Waals surface area contributed by atoms with Crippen LogP contribution < -0.4 is 5.14 Å². The summed E-state index contributed by atoms with van der Waals surface area (Å²) in [6, 6.07) is 2.62. The zero-order chi connectivity index (χ0) is 14.8. The standard InChI is InChI=1S/C12H14FNO5S/c13-9-4-8(5-11(6-9)20(14,16)17)12(15)19-7-10-2-1-3-18-10/h4-6,10H,1-3,7H2,(H2,14,16,17). The van der Waals surface area contributed by atoms with E-state index < -0.39 is 26.7 Å². The molecular formula is C12H14FNO5S. The molecule has 1 aromatic carbocycles. The highest BCUT2D eigenvalue weighted by atomic mass is 32.2. The molecule has 0 aromatic heterocycles. The van der Waals surface area contributed by atoms with Gasteiger partial charge < -0.3 is 9.47 Å². The van der Waals surface area contributed by atoms with Gasteiger partial charge in [0.15, 0.2) is 0 Å². The maximum Gasteiger partial charge on any atom is 0.338 e. The van der Waals surface area contributed by atoms with E-state index in [4.69, 9.17) is 14.6 Å². The number of rotatable bonds is 4. The van der Waals surface area contributed by atoms with Crippen molar-refractivity contribution in [1.29, 1.82) is 0 Å². The molecule has 0 radical (unpaired) electrons. The number of sulfonamides is 1. The monoisotopic (exact) mass is 303 g/mol. The molecule has 0 aliphatic carbocycles. The maximum atomic E-state index is 13.3. The van der Waals surface area contributed by atoms with Crippen LogP contribution in [0.5, 0.6) is 0 Å². The second kappa shape index (κ2) is 5.86. The summed E-state index contributed by atoms with van der Waals surface area (Å²) >= 11 is 0. The Morgan fingerprint density at radius 3 is 2.80 bits per heavy atom. The summed E-state index contributed by atoms with van der Waals surface area (Å²) in [6.45, 7) is 0.678. The number of carbonyl (C=O) groups excluding carboxylic acids is 1. The van der Waals surface area contributed by atoms with Gasteiger partial charge in [-0.3, -0.25) is 0 Å². The van der Waals surface area contributed by atoms with E-state index in [1.165, 1.54) is 0 Å². The van der Waals surface area contributed by atoms with Crippen LogP contribution >= 0.6 is 0 Å². The molecule has 1 unspecified atom stereocenters. The zero-order valence-electron chi connectivity index (χ0n) is 10.5. The molecule has 2 rings (SSSR count). The molecule has 0 spiro atoms. The molecule has 1 aromatic rings. The molecule has 2 N–H and O–H groups in total. The first-order valence-electron chi connectivity index (χ1n) is 5.98. The van der Waals surface area contributed by atoms with Gasteiger partial charge in [-0.2, -0.15) is 0 Å². The Kier molecular flexibility index (Phi) is 4.36.